The molecule has 0 unspecified atom stereocenters. The Bertz CT molecular complexity index is 1370. The maximum Gasteiger partial charge on any atom is 0.200 e. The molecule has 2 saturated heterocycles. The third-order valence-corrected chi connectivity index (χ3v) is 6.22. The van der Waals surface area contributed by atoms with E-state index in [2.05, 4.69) is 0 Å². The lowest BCUT2D eigenvalue weighted by Gasteiger charge is -2.27. The van der Waals surface area contributed by atoms with Crippen molar-refractivity contribution >= 4 is 33.7 Å². The van der Waals surface area contributed by atoms with Gasteiger partial charge in [0.25, 0.3) is 0 Å². The predicted octanol–water partition coefficient (Wildman–Crippen LogP) is 3.27. The third-order valence-electron chi connectivity index (χ3n) is 6.22. The Morgan fingerprint density at radius 2 is 1.14 bits per heavy atom. The Hall–Kier alpha value is -3.82. The van der Waals surface area contributed by atoms with Crippen molar-refractivity contribution in [1.29, 1.82) is 0 Å². The van der Waals surface area contributed by atoms with Gasteiger partial charge in [-0.2, -0.15) is 0 Å². The molecule has 0 saturated carbocycles. The summed E-state index contributed by atoms with van der Waals surface area (Å²) >= 11 is 0. The van der Waals surface area contributed by atoms with Crippen molar-refractivity contribution in [3.8, 4) is 5.75 Å². The number of phenolic OH excluding ortho intramolecular Hbond substituents is 1. The maximum absolute atomic E-state index is 12.0. The van der Waals surface area contributed by atoms with Crippen LogP contribution in [0, 0.1) is 6.92 Å². The first-order chi connectivity index (χ1) is 17.5. The Kier molecular flexibility index (Phi) is 6.92. The van der Waals surface area contributed by atoms with Crippen LogP contribution in [0.25, 0.3) is 21.9 Å². The minimum Gasteiger partial charge on any atom is -0.508 e. The summed E-state index contributed by atoms with van der Waals surface area (Å²) in [6.07, 6.45) is 0. The van der Waals surface area contributed by atoms with Gasteiger partial charge < -0.3 is 33.2 Å². The lowest BCUT2D eigenvalue weighted by molar-refractivity contribution is 0.120. The second-order valence-electron chi connectivity index (χ2n) is 8.78. The minimum atomic E-state index is -0.0993. The van der Waals surface area contributed by atoms with Gasteiger partial charge in [0.05, 0.1) is 37.2 Å². The zero-order valence-electron chi connectivity index (χ0n) is 20.1. The number of phenols is 1. The van der Waals surface area contributed by atoms with Crippen LogP contribution >= 0.6 is 0 Å². The molecular weight excluding hydrogens is 464 g/mol. The highest BCUT2D eigenvalue weighted by atomic mass is 16.5. The molecule has 6 rings (SSSR count). The lowest BCUT2D eigenvalue weighted by atomic mass is 10.1. The van der Waals surface area contributed by atoms with Crippen molar-refractivity contribution in [3.05, 3.63) is 74.5 Å². The Morgan fingerprint density at radius 3 is 1.67 bits per heavy atom. The van der Waals surface area contributed by atoms with E-state index in [1.807, 2.05) is 34.9 Å². The molecule has 4 aromatic rings. The first-order valence-electron chi connectivity index (χ1n) is 11.9. The fourth-order valence-corrected chi connectivity index (χ4v) is 4.26. The van der Waals surface area contributed by atoms with Gasteiger partial charge in [-0.1, -0.05) is 6.07 Å². The van der Waals surface area contributed by atoms with Crippen LogP contribution in [0.2, 0.25) is 0 Å². The predicted molar refractivity (Wildman–Crippen MR) is 137 cm³/mol. The van der Waals surface area contributed by atoms with E-state index in [9.17, 15) is 14.7 Å². The number of fused-ring (bicyclic) bond motifs is 2. The molecular formula is C27H28N2O7. The number of hydrogen-bond acceptors (Lipinski definition) is 9. The molecule has 0 aliphatic carbocycles. The summed E-state index contributed by atoms with van der Waals surface area (Å²) in [5, 5.41) is 10.5. The fraction of sp³-hybridized carbons (Fsp3) is 0.333. The summed E-state index contributed by atoms with van der Waals surface area (Å²) in [6, 6.07) is 13.2. The van der Waals surface area contributed by atoms with E-state index in [0.717, 1.165) is 18.7 Å². The van der Waals surface area contributed by atoms with Crippen LogP contribution in [0.4, 0.5) is 11.8 Å². The number of nitrogens with zero attached hydrogens (tertiary/aromatic N) is 2. The number of hydrogen-bond donors (Lipinski definition) is 1. The second-order valence-corrected chi connectivity index (χ2v) is 8.78. The van der Waals surface area contributed by atoms with Crippen molar-refractivity contribution in [2.24, 2.45) is 0 Å². The van der Waals surface area contributed by atoms with Crippen LogP contribution in [-0.4, -0.2) is 57.7 Å². The zero-order chi connectivity index (χ0) is 25.1. The summed E-state index contributed by atoms with van der Waals surface area (Å²) < 4.78 is 22.1. The van der Waals surface area contributed by atoms with Gasteiger partial charge in [0.1, 0.15) is 16.9 Å². The molecule has 2 aliphatic rings. The fourth-order valence-electron chi connectivity index (χ4n) is 4.26. The van der Waals surface area contributed by atoms with E-state index in [0.29, 0.717) is 73.2 Å². The smallest absolute Gasteiger partial charge is 0.200 e. The molecule has 36 heavy (non-hydrogen) atoms. The van der Waals surface area contributed by atoms with Crippen molar-refractivity contribution < 1.29 is 23.4 Å². The molecule has 9 nitrogen and oxygen atoms in total. The quantitative estimate of drug-likeness (QED) is 0.451. The molecule has 2 aromatic heterocycles. The molecule has 0 radical (unpaired) electrons. The number of benzene rings is 2. The molecule has 2 aliphatic heterocycles. The van der Waals surface area contributed by atoms with Crippen LogP contribution in [0.1, 0.15) is 5.56 Å². The average molecular weight is 493 g/mol. The number of ether oxygens (including phenoxy) is 2. The molecule has 0 atom stereocenters. The van der Waals surface area contributed by atoms with Gasteiger partial charge in [0, 0.05) is 44.4 Å². The zero-order valence-corrected chi connectivity index (χ0v) is 20.1. The largest absolute Gasteiger partial charge is 0.508 e. The minimum absolute atomic E-state index is 0.0118. The summed E-state index contributed by atoms with van der Waals surface area (Å²) in [6.45, 7) is 7.52. The number of morpholine rings is 2. The van der Waals surface area contributed by atoms with Crippen LogP contribution in [-0.2, 0) is 9.47 Å². The molecule has 0 bridgehead atoms. The van der Waals surface area contributed by atoms with Gasteiger partial charge in [0.2, 0.25) is 0 Å². The molecule has 0 spiro atoms. The van der Waals surface area contributed by atoms with Gasteiger partial charge >= 0.3 is 0 Å². The lowest BCUT2D eigenvalue weighted by Crippen LogP contribution is -2.36. The Balaban J connectivity index is 0.000000148. The summed E-state index contributed by atoms with van der Waals surface area (Å²) in [4.78, 5) is 28.0. The van der Waals surface area contributed by atoms with Crippen molar-refractivity contribution in [2.75, 3.05) is 62.4 Å². The van der Waals surface area contributed by atoms with Gasteiger partial charge in [-0.05, 0) is 36.8 Å². The molecule has 188 valence electrons. The monoisotopic (exact) mass is 492 g/mol. The molecule has 4 heterocycles. The Morgan fingerprint density at radius 1 is 0.667 bits per heavy atom. The SMILES string of the molecule is Cc1ccc2c(=O)cc(N3CCOCC3)oc2c1.O=c1cc(N2CCOCC2)oc2cc(O)ccc12. The maximum atomic E-state index is 12.0. The van der Waals surface area contributed by atoms with Gasteiger partial charge in [-0.25, -0.2) is 0 Å². The van der Waals surface area contributed by atoms with E-state index in [1.165, 1.54) is 18.2 Å². The van der Waals surface area contributed by atoms with Crippen LogP contribution < -0.4 is 20.7 Å². The Labute approximate surface area is 207 Å². The summed E-state index contributed by atoms with van der Waals surface area (Å²) in [7, 11) is 0. The average Bonchev–Trinajstić information content (AvgIpc) is 2.89. The number of aromatic hydroxyl groups is 1. The summed E-state index contributed by atoms with van der Waals surface area (Å²) in [5.41, 5.74) is 2.06. The highest BCUT2D eigenvalue weighted by Crippen LogP contribution is 2.23. The molecule has 1 N–H and O–H groups in total. The van der Waals surface area contributed by atoms with E-state index >= 15 is 0 Å². The van der Waals surface area contributed by atoms with Gasteiger partial charge in [-0.15, -0.1) is 0 Å². The highest BCUT2D eigenvalue weighted by molar-refractivity contribution is 5.79. The molecule has 0 amide bonds. The van der Waals surface area contributed by atoms with Crippen molar-refractivity contribution in [1.82, 2.24) is 0 Å². The van der Waals surface area contributed by atoms with Crippen molar-refractivity contribution in [3.63, 3.8) is 0 Å². The van der Waals surface area contributed by atoms with Crippen LogP contribution in [0.3, 0.4) is 0 Å². The standard InChI is InChI=1S/C14H15NO3.C13H13NO4/c1-10-2-3-11-12(16)9-14(18-13(11)8-10)15-4-6-17-7-5-15;15-9-1-2-10-11(16)8-13(18-12(10)7-9)14-3-5-17-6-4-14/h2-3,8-9H,4-7H2,1H3;1-2,7-8,15H,3-6H2. The number of rotatable bonds is 2. The number of aryl methyl sites for hydroxylation is 1. The van der Waals surface area contributed by atoms with Crippen LogP contribution in [0.5, 0.6) is 5.75 Å². The van der Waals surface area contributed by atoms with E-state index in [1.54, 1.807) is 12.1 Å². The topological polar surface area (TPSA) is 106 Å². The molecule has 2 fully saturated rings. The van der Waals surface area contributed by atoms with Gasteiger partial charge in [0.15, 0.2) is 22.6 Å². The number of anilines is 2. The van der Waals surface area contributed by atoms with Gasteiger partial charge in [-0.3, -0.25) is 9.59 Å². The van der Waals surface area contributed by atoms with Crippen LogP contribution in [0.15, 0.2) is 67.0 Å². The van der Waals surface area contributed by atoms with Crippen molar-refractivity contribution in [2.45, 2.75) is 6.92 Å². The van der Waals surface area contributed by atoms with E-state index < -0.39 is 0 Å². The highest BCUT2D eigenvalue weighted by Gasteiger charge is 2.16. The third kappa shape index (κ3) is 5.22. The first-order valence-corrected chi connectivity index (χ1v) is 11.9. The molecule has 2 aromatic carbocycles. The second kappa shape index (κ2) is 10.4. The van der Waals surface area contributed by atoms with E-state index in [4.69, 9.17) is 18.3 Å². The molecule has 9 heteroatoms. The first kappa shape index (κ1) is 23.9. The normalized spacial score (nSPS) is 16.1. The summed E-state index contributed by atoms with van der Waals surface area (Å²) in [5.74, 6) is 1.26. The van der Waals surface area contributed by atoms with E-state index in [-0.39, 0.29) is 16.6 Å².